The summed E-state index contributed by atoms with van der Waals surface area (Å²) >= 11 is 1.69. The van der Waals surface area contributed by atoms with E-state index in [9.17, 15) is 0 Å². The number of hydrogen-bond acceptors (Lipinski definition) is 2. The van der Waals surface area contributed by atoms with Gasteiger partial charge in [0.15, 0.2) is 0 Å². The van der Waals surface area contributed by atoms with Crippen LogP contribution in [0.2, 0.25) is 0 Å². The monoisotopic (exact) mass is 353 g/mol. The SMILES string of the molecule is C/C(=C1/SC(c2ccccc2)=CC1=N)c1ccc(-c2ccccc2)cc1. The van der Waals surface area contributed by atoms with Gasteiger partial charge in [0.2, 0.25) is 0 Å². The molecule has 26 heavy (non-hydrogen) atoms. The van der Waals surface area contributed by atoms with E-state index in [4.69, 9.17) is 5.41 Å². The second kappa shape index (κ2) is 7.19. The number of allylic oxidation sites excluding steroid dienone is 3. The smallest absolute Gasteiger partial charge is 0.0693 e. The Morgan fingerprint density at radius 1 is 0.692 bits per heavy atom. The quantitative estimate of drug-likeness (QED) is 0.544. The van der Waals surface area contributed by atoms with E-state index in [-0.39, 0.29) is 0 Å². The summed E-state index contributed by atoms with van der Waals surface area (Å²) in [5, 5.41) is 8.39. The molecule has 0 amide bonds. The highest BCUT2D eigenvalue weighted by atomic mass is 32.2. The molecule has 0 radical (unpaired) electrons. The van der Waals surface area contributed by atoms with Gasteiger partial charge in [-0.1, -0.05) is 96.7 Å². The van der Waals surface area contributed by atoms with Crippen LogP contribution in [0.15, 0.2) is 95.9 Å². The number of nitrogens with one attached hydrogen (secondary N) is 1. The largest absolute Gasteiger partial charge is 0.300 e. The van der Waals surface area contributed by atoms with Crippen molar-refractivity contribution in [1.82, 2.24) is 0 Å². The van der Waals surface area contributed by atoms with Gasteiger partial charge in [-0.25, -0.2) is 0 Å². The van der Waals surface area contributed by atoms with Crippen LogP contribution in [0.4, 0.5) is 0 Å². The maximum Gasteiger partial charge on any atom is 0.0693 e. The average Bonchev–Trinajstić information content (AvgIpc) is 3.10. The lowest BCUT2D eigenvalue weighted by molar-refractivity contribution is 1.51. The van der Waals surface area contributed by atoms with Crippen LogP contribution in [-0.2, 0) is 0 Å². The predicted octanol–water partition coefficient (Wildman–Crippen LogP) is 6.89. The van der Waals surface area contributed by atoms with Gasteiger partial charge >= 0.3 is 0 Å². The number of thioether (sulfide) groups is 1. The summed E-state index contributed by atoms with van der Waals surface area (Å²) in [4.78, 5) is 2.18. The third-order valence-corrected chi connectivity index (χ3v) is 5.86. The lowest BCUT2D eigenvalue weighted by atomic mass is 10.00. The average molecular weight is 353 g/mol. The highest BCUT2D eigenvalue weighted by Gasteiger charge is 2.20. The third kappa shape index (κ3) is 3.29. The van der Waals surface area contributed by atoms with Crippen molar-refractivity contribution in [1.29, 1.82) is 5.41 Å². The maximum atomic E-state index is 8.39. The van der Waals surface area contributed by atoms with Gasteiger partial charge in [-0.15, -0.1) is 0 Å². The Kier molecular flexibility index (Phi) is 4.59. The van der Waals surface area contributed by atoms with Crippen LogP contribution >= 0.6 is 11.8 Å². The first kappa shape index (κ1) is 16.6. The summed E-state index contributed by atoms with van der Waals surface area (Å²) < 4.78 is 0. The van der Waals surface area contributed by atoms with Crippen LogP contribution in [0.3, 0.4) is 0 Å². The molecule has 1 aliphatic rings. The number of benzene rings is 3. The Morgan fingerprint density at radius 3 is 1.85 bits per heavy atom. The minimum absolute atomic E-state index is 0.596. The van der Waals surface area contributed by atoms with Crippen molar-refractivity contribution >= 4 is 28.0 Å². The standard InChI is InChI=1S/C24H19NS/c1-17(18-12-14-20(15-13-18)19-8-4-2-5-9-19)24-22(25)16-23(26-24)21-10-6-3-7-11-21/h2-16,25H,1H3/b24-17-,25-22?. The normalized spacial score (nSPS) is 15.7. The minimum atomic E-state index is 0.596. The van der Waals surface area contributed by atoms with Crippen molar-refractivity contribution in [3.05, 3.63) is 107 Å². The van der Waals surface area contributed by atoms with E-state index in [2.05, 4.69) is 67.6 Å². The zero-order valence-corrected chi connectivity index (χ0v) is 15.4. The fourth-order valence-corrected chi connectivity index (χ4v) is 4.18. The van der Waals surface area contributed by atoms with Crippen LogP contribution in [0.25, 0.3) is 21.6 Å². The molecule has 0 unspecified atom stereocenters. The molecule has 0 atom stereocenters. The van der Waals surface area contributed by atoms with Crippen LogP contribution in [0.5, 0.6) is 0 Å². The molecule has 3 aromatic carbocycles. The van der Waals surface area contributed by atoms with Gasteiger partial charge in [0.1, 0.15) is 0 Å². The molecule has 0 spiro atoms. The fourth-order valence-electron chi connectivity index (χ4n) is 3.09. The van der Waals surface area contributed by atoms with Crippen molar-refractivity contribution in [3.8, 4) is 11.1 Å². The maximum absolute atomic E-state index is 8.39. The van der Waals surface area contributed by atoms with Gasteiger partial charge < -0.3 is 0 Å². The molecule has 4 rings (SSSR count). The lowest BCUT2D eigenvalue weighted by Crippen LogP contribution is -1.92. The third-order valence-electron chi connectivity index (χ3n) is 4.56. The molecule has 1 N–H and O–H groups in total. The molecule has 3 aromatic rings. The van der Waals surface area contributed by atoms with Gasteiger partial charge in [-0.2, -0.15) is 0 Å². The van der Waals surface area contributed by atoms with E-state index in [0.717, 1.165) is 15.4 Å². The second-order valence-electron chi connectivity index (χ2n) is 6.29. The minimum Gasteiger partial charge on any atom is -0.300 e. The van der Waals surface area contributed by atoms with Gasteiger partial charge in [-0.3, -0.25) is 5.41 Å². The molecule has 126 valence electrons. The topological polar surface area (TPSA) is 23.9 Å². The van der Waals surface area contributed by atoms with Crippen molar-refractivity contribution in [3.63, 3.8) is 0 Å². The molecular formula is C24H19NS. The van der Waals surface area contributed by atoms with Crippen LogP contribution in [-0.4, -0.2) is 5.71 Å². The van der Waals surface area contributed by atoms with E-state index >= 15 is 0 Å². The molecule has 0 aromatic heterocycles. The van der Waals surface area contributed by atoms with Gasteiger partial charge in [0.05, 0.1) is 5.71 Å². The summed E-state index contributed by atoms with van der Waals surface area (Å²) in [5.74, 6) is 0. The van der Waals surface area contributed by atoms with Crippen molar-refractivity contribution in [2.75, 3.05) is 0 Å². The molecular weight excluding hydrogens is 334 g/mol. The van der Waals surface area contributed by atoms with E-state index in [1.54, 1.807) is 11.8 Å². The highest BCUT2D eigenvalue weighted by Crippen LogP contribution is 2.43. The lowest BCUT2D eigenvalue weighted by Gasteiger charge is -2.09. The first-order chi connectivity index (χ1) is 12.7. The predicted molar refractivity (Wildman–Crippen MR) is 114 cm³/mol. The summed E-state index contributed by atoms with van der Waals surface area (Å²) in [6, 6.07) is 29.3. The first-order valence-corrected chi connectivity index (χ1v) is 9.44. The summed E-state index contributed by atoms with van der Waals surface area (Å²) in [7, 11) is 0. The van der Waals surface area contributed by atoms with E-state index in [1.165, 1.54) is 22.3 Å². The summed E-state index contributed by atoms with van der Waals surface area (Å²) in [5.41, 5.74) is 6.52. The molecule has 0 fully saturated rings. The zero-order chi connectivity index (χ0) is 17.9. The number of hydrogen-bond donors (Lipinski definition) is 1. The van der Waals surface area contributed by atoms with Gasteiger partial charge in [0, 0.05) is 9.81 Å². The van der Waals surface area contributed by atoms with Crippen molar-refractivity contribution < 1.29 is 0 Å². The van der Waals surface area contributed by atoms with E-state index in [0.29, 0.717) is 5.71 Å². The van der Waals surface area contributed by atoms with Gasteiger partial charge in [0.25, 0.3) is 0 Å². The molecule has 0 bridgehead atoms. The Morgan fingerprint density at radius 2 is 1.23 bits per heavy atom. The zero-order valence-electron chi connectivity index (χ0n) is 14.6. The Balaban J connectivity index is 1.61. The molecule has 1 nitrogen and oxygen atoms in total. The van der Waals surface area contributed by atoms with Gasteiger partial charge in [-0.05, 0) is 40.8 Å². The van der Waals surface area contributed by atoms with E-state index in [1.807, 2.05) is 30.3 Å². The second-order valence-corrected chi connectivity index (χ2v) is 7.34. The molecule has 2 heteroatoms. The number of rotatable bonds is 3. The van der Waals surface area contributed by atoms with Crippen molar-refractivity contribution in [2.45, 2.75) is 6.92 Å². The molecule has 0 saturated heterocycles. The fraction of sp³-hybridized carbons (Fsp3) is 0.0417. The highest BCUT2D eigenvalue weighted by molar-refractivity contribution is 8.13. The Labute approximate surface area is 158 Å². The summed E-state index contributed by atoms with van der Waals surface area (Å²) in [6.45, 7) is 2.11. The Bertz CT molecular complexity index is 997. The molecule has 1 heterocycles. The molecule has 1 aliphatic heterocycles. The van der Waals surface area contributed by atoms with Crippen LogP contribution in [0.1, 0.15) is 18.1 Å². The van der Waals surface area contributed by atoms with E-state index < -0.39 is 0 Å². The van der Waals surface area contributed by atoms with Crippen LogP contribution in [0, 0.1) is 5.41 Å². The molecule has 0 aliphatic carbocycles. The van der Waals surface area contributed by atoms with Crippen molar-refractivity contribution in [2.24, 2.45) is 0 Å². The van der Waals surface area contributed by atoms with Crippen LogP contribution < -0.4 is 0 Å². The Hall–Kier alpha value is -2.84. The first-order valence-electron chi connectivity index (χ1n) is 8.63. The summed E-state index contributed by atoms with van der Waals surface area (Å²) in [6.07, 6.45) is 1.97. The molecule has 0 saturated carbocycles.